The van der Waals surface area contributed by atoms with Gasteiger partial charge in [-0.1, -0.05) is 0 Å². The molecule has 0 rings (SSSR count). The van der Waals surface area contributed by atoms with Crippen LogP contribution in [0.4, 0.5) is 13.2 Å². The summed E-state index contributed by atoms with van der Waals surface area (Å²) >= 11 is 0. The quantitative estimate of drug-likeness (QED) is 0.519. The van der Waals surface area contributed by atoms with Gasteiger partial charge in [-0.2, -0.15) is 13.2 Å². The van der Waals surface area contributed by atoms with Gasteiger partial charge in [0.15, 0.2) is 8.24 Å². The highest BCUT2D eigenvalue weighted by atomic mass is 28.3. The van der Waals surface area contributed by atoms with Crippen molar-refractivity contribution in [2.45, 2.75) is 25.8 Å². The molecular formula is C6H12F3NO2Si. The van der Waals surface area contributed by atoms with Crippen molar-refractivity contribution < 1.29 is 22.8 Å². The minimum atomic E-state index is -4.86. The number of alkyl halides is 3. The van der Waals surface area contributed by atoms with Crippen LogP contribution in [0.25, 0.3) is 0 Å². The summed E-state index contributed by atoms with van der Waals surface area (Å²) in [5.74, 6) is -1.94. The Morgan fingerprint density at radius 3 is 1.77 bits per heavy atom. The van der Waals surface area contributed by atoms with Crippen molar-refractivity contribution in [1.29, 1.82) is 0 Å². The van der Waals surface area contributed by atoms with Gasteiger partial charge in [-0.3, -0.25) is 9.63 Å². The van der Waals surface area contributed by atoms with E-state index >= 15 is 0 Å². The zero-order valence-electron chi connectivity index (χ0n) is 7.90. The van der Waals surface area contributed by atoms with Gasteiger partial charge in [0.25, 0.3) is 0 Å². The van der Waals surface area contributed by atoms with E-state index < -0.39 is 20.3 Å². The van der Waals surface area contributed by atoms with Crippen LogP contribution >= 0.6 is 0 Å². The van der Waals surface area contributed by atoms with E-state index in [1.54, 1.807) is 19.6 Å². The van der Waals surface area contributed by atoms with E-state index in [-0.39, 0.29) is 0 Å². The van der Waals surface area contributed by atoms with E-state index in [0.29, 0.717) is 4.73 Å². The molecule has 0 aromatic heterocycles. The molecule has 0 aliphatic carbocycles. The van der Waals surface area contributed by atoms with Gasteiger partial charge in [-0.15, -0.1) is 0 Å². The molecule has 3 nitrogen and oxygen atoms in total. The van der Waals surface area contributed by atoms with Crippen LogP contribution in [0.3, 0.4) is 0 Å². The van der Waals surface area contributed by atoms with E-state index in [9.17, 15) is 18.0 Å². The molecule has 0 unspecified atom stereocenters. The lowest BCUT2D eigenvalue weighted by molar-refractivity contribution is -0.206. The molecule has 0 atom stereocenters. The zero-order valence-corrected chi connectivity index (χ0v) is 8.90. The highest BCUT2D eigenvalue weighted by Crippen LogP contribution is 2.22. The Morgan fingerprint density at radius 2 is 1.69 bits per heavy atom. The molecule has 0 saturated carbocycles. The number of hydroxylamine groups is 1. The van der Waals surface area contributed by atoms with Crippen LogP contribution in [0, 0.1) is 0 Å². The van der Waals surface area contributed by atoms with Gasteiger partial charge in [0.05, 0.1) is 7.11 Å². The largest absolute Gasteiger partial charge is 0.472 e. The molecule has 0 heterocycles. The van der Waals surface area contributed by atoms with Crippen molar-refractivity contribution in [1.82, 2.24) is 4.73 Å². The second kappa shape index (κ2) is 3.67. The molecule has 7 heteroatoms. The third kappa shape index (κ3) is 3.35. The normalized spacial score (nSPS) is 12.8. The van der Waals surface area contributed by atoms with Crippen molar-refractivity contribution in [3.8, 4) is 0 Å². The molecule has 13 heavy (non-hydrogen) atoms. The summed E-state index contributed by atoms with van der Waals surface area (Å²) < 4.78 is 36.3. The second-order valence-electron chi connectivity index (χ2n) is 3.45. The number of hydrogen-bond donors (Lipinski definition) is 0. The maximum Gasteiger partial charge on any atom is 0.472 e. The van der Waals surface area contributed by atoms with Crippen LogP contribution in [0.2, 0.25) is 19.6 Å². The lowest BCUT2D eigenvalue weighted by Gasteiger charge is -2.31. The molecule has 0 aromatic rings. The first-order valence-corrected chi connectivity index (χ1v) is 7.01. The number of rotatable bonds is 2. The lowest BCUT2D eigenvalue weighted by Crippen LogP contribution is -2.53. The Hall–Kier alpha value is -0.563. The average molecular weight is 215 g/mol. The Kier molecular flexibility index (Phi) is 3.51. The molecule has 0 radical (unpaired) electrons. The van der Waals surface area contributed by atoms with Crippen LogP contribution < -0.4 is 0 Å². The van der Waals surface area contributed by atoms with Crippen molar-refractivity contribution in [2.24, 2.45) is 0 Å². The molecule has 1 amide bonds. The molecular weight excluding hydrogens is 203 g/mol. The van der Waals surface area contributed by atoms with Crippen LogP contribution in [-0.4, -0.2) is 32.2 Å². The number of hydrogen-bond acceptors (Lipinski definition) is 2. The van der Waals surface area contributed by atoms with Gasteiger partial charge in [0, 0.05) is 0 Å². The van der Waals surface area contributed by atoms with Gasteiger partial charge in [-0.25, -0.2) is 4.73 Å². The van der Waals surface area contributed by atoms with Gasteiger partial charge >= 0.3 is 12.1 Å². The molecule has 0 saturated heterocycles. The molecule has 78 valence electrons. The fourth-order valence-electron chi connectivity index (χ4n) is 0.777. The second-order valence-corrected chi connectivity index (χ2v) is 8.20. The third-order valence-electron chi connectivity index (χ3n) is 1.22. The molecule has 0 N–H and O–H groups in total. The van der Waals surface area contributed by atoms with Crippen LogP contribution in [0.1, 0.15) is 0 Å². The predicted octanol–water partition coefficient (Wildman–Crippen LogP) is 1.77. The van der Waals surface area contributed by atoms with E-state index in [1.165, 1.54) is 0 Å². The van der Waals surface area contributed by atoms with Crippen LogP contribution in [0.15, 0.2) is 0 Å². The summed E-state index contributed by atoms with van der Waals surface area (Å²) in [5, 5.41) is 0. The summed E-state index contributed by atoms with van der Waals surface area (Å²) in [6.45, 7) is 4.75. The van der Waals surface area contributed by atoms with E-state index in [4.69, 9.17) is 0 Å². The number of carbonyl (C=O) groups excluding carboxylic acids is 1. The highest BCUT2D eigenvalue weighted by molar-refractivity contribution is 6.75. The summed E-state index contributed by atoms with van der Waals surface area (Å²) in [5.41, 5.74) is 0. The predicted molar refractivity (Wildman–Crippen MR) is 43.3 cm³/mol. The van der Waals surface area contributed by atoms with Crippen LogP contribution in [-0.2, 0) is 9.63 Å². The molecule has 0 fully saturated rings. The highest BCUT2D eigenvalue weighted by Gasteiger charge is 2.46. The minimum absolute atomic E-state index is 0.438. The molecule has 0 aromatic carbocycles. The number of nitrogens with zero attached hydrogens (tertiary/aromatic N) is 1. The van der Waals surface area contributed by atoms with Crippen molar-refractivity contribution in [3.63, 3.8) is 0 Å². The number of halogens is 3. The molecule has 0 bridgehead atoms. The maximum atomic E-state index is 12.0. The minimum Gasteiger partial charge on any atom is -0.283 e. The topological polar surface area (TPSA) is 29.5 Å². The van der Waals surface area contributed by atoms with E-state index in [1.807, 2.05) is 0 Å². The van der Waals surface area contributed by atoms with Gasteiger partial charge in [-0.05, 0) is 19.6 Å². The third-order valence-corrected chi connectivity index (χ3v) is 2.82. The fraction of sp³-hybridized carbons (Fsp3) is 0.833. The zero-order chi connectivity index (χ0) is 10.9. The summed E-state index contributed by atoms with van der Waals surface area (Å²) in [6.07, 6.45) is -4.86. The first-order valence-electron chi connectivity index (χ1n) is 3.56. The van der Waals surface area contributed by atoms with Crippen molar-refractivity contribution in [2.75, 3.05) is 7.11 Å². The summed E-state index contributed by atoms with van der Waals surface area (Å²) in [7, 11) is -1.36. The first kappa shape index (κ1) is 12.4. The number of carbonyl (C=O) groups is 1. The Labute approximate surface area is 75.5 Å². The van der Waals surface area contributed by atoms with E-state index in [0.717, 1.165) is 7.11 Å². The Balaban J connectivity index is 4.72. The standard InChI is InChI=1S/C6H12F3NO2Si/c1-12-10(13(2,3)4)5(11)6(7,8)9/h1-4H3. The fourth-order valence-corrected chi connectivity index (χ4v) is 2.06. The average Bonchev–Trinajstić information content (AvgIpc) is 1.83. The smallest absolute Gasteiger partial charge is 0.283 e. The van der Waals surface area contributed by atoms with Crippen LogP contribution in [0.5, 0.6) is 0 Å². The Morgan fingerprint density at radius 1 is 1.31 bits per heavy atom. The first-order chi connectivity index (χ1) is 5.60. The monoisotopic (exact) mass is 215 g/mol. The summed E-state index contributed by atoms with van der Waals surface area (Å²) in [4.78, 5) is 15.2. The van der Waals surface area contributed by atoms with Gasteiger partial charge in [0.2, 0.25) is 0 Å². The summed E-state index contributed by atoms with van der Waals surface area (Å²) in [6, 6.07) is 0. The van der Waals surface area contributed by atoms with E-state index in [2.05, 4.69) is 4.84 Å². The molecule has 0 aliphatic heterocycles. The molecule has 0 spiro atoms. The van der Waals surface area contributed by atoms with Gasteiger partial charge < -0.3 is 0 Å². The lowest BCUT2D eigenvalue weighted by atomic mass is 10.6. The SMILES string of the molecule is CON(C(=O)C(F)(F)F)[Si](C)(C)C. The number of amides is 1. The maximum absolute atomic E-state index is 12.0. The van der Waals surface area contributed by atoms with Gasteiger partial charge in [0.1, 0.15) is 0 Å². The Bertz CT molecular complexity index is 199. The van der Waals surface area contributed by atoms with Crippen molar-refractivity contribution >= 4 is 14.1 Å². The van der Waals surface area contributed by atoms with Crippen molar-refractivity contribution in [3.05, 3.63) is 0 Å². The molecule has 0 aliphatic rings.